The summed E-state index contributed by atoms with van der Waals surface area (Å²) < 4.78 is 16.8. The van der Waals surface area contributed by atoms with E-state index in [4.69, 9.17) is 14.2 Å². The number of ether oxygens (including phenoxy) is 3. The van der Waals surface area contributed by atoms with Crippen LogP contribution in [0.3, 0.4) is 0 Å². The molecule has 0 aliphatic carbocycles. The minimum Gasteiger partial charge on any atom is -0.462 e. The second-order valence-corrected chi connectivity index (χ2v) is 18.2. The fraction of sp³-hybridized carbons (Fsp3) is 0.776. The molecular weight excluding hydrogens is 793 g/mol. The number of carbonyl (C=O) groups excluding carboxylic acids is 3. The molecule has 0 bridgehead atoms. The van der Waals surface area contributed by atoms with Crippen molar-refractivity contribution < 1.29 is 28.6 Å². The van der Waals surface area contributed by atoms with Crippen LogP contribution >= 0.6 is 0 Å². The highest BCUT2D eigenvalue weighted by Gasteiger charge is 2.19. The molecule has 0 rings (SSSR count). The monoisotopic (exact) mass is 895 g/mol. The number of esters is 3. The van der Waals surface area contributed by atoms with Gasteiger partial charge in [0.25, 0.3) is 0 Å². The summed E-state index contributed by atoms with van der Waals surface area (Å²) in [6.07, 6.45) is 65.0. The average molecular weight is 895 g/mol. The summed E-state index contributed by atoms with van der Waals surface area (Å²) in [4.78, 5) is 38.0. The van der Waals surface area contributed by atoms with E-state index in [1.807, 2.05) is 6.08 Å². The van der Waals surface area contributed by atoms with E-state index in [-0.39, 0.29) is 37.5 Å². The molecule has 370 valence electrons. The summed E-state index contributed by atoms with van der Waals surface area (Å²) in [5.74, 6) is -0.974. The Morgan fingerprint density at radius 2 is 0.594 bits per heavy atom. The van der Waals surface area contributed by atoms with E-state index in [0.29, 0.717) is 19.3 Å². The molecule has 0 saturated carbocycles. The first kappa shape index (κ1) is 61.1. The maximum absolute atomic E-state index is 12.8. The van der Waals surface area contributed by atoms with E-state index in [9.17, 15) is 14.4 Å². The van der Waals surface area contributed by atoms with E-state index in [0.717, 1.165) is 64.2 Å². The van der Waals surface area contributed by atoms with E-state index in [1.54, 1.807) is 0 Å². The van der Waals surface area contributed by atoms with Gasteiger partial charge in [0.05, 0.1) is 0 Å². The second kappa shape index (κ2) is 52.7. The molecule has 1 atom stereocenters. The van der Waals surface area contributed by atoms with Gasteiger partial charge < -0.3 is 14.2 Å². The van der Waals surface area contributed by atoms with Gasteiger partial charge >= 0.3 is 17.9 Å². The Morgan fingerprint density at radius 1 is 0.312 bits per heavy atom. The Balaban J connectivity index is 4.47. The molecule has 0 aliphatic heterocycles. The fourth-order valence-corrected chi connectivity index (χ4v) is 7.66. The molecule has 0 aromatic heterocycles. The van der Waals surface area contributed by atoms with Crippen molar-refractivity contribution in [3.05, 3.63) is 60.8 Å². The Morgan fingerprint density at radius 3 is 0.938 bits per heavy atom. The smallest absolute Gasteiger partial charge is 0.306 e. The molecule has 0 aromatic rings. The van der Waals surface area contributed by atoms with E-state index in [2.05, 4.69) is 75.5 Å². The standard InChI is InChI=1S/C58H102O6/c1-4-7-10-13-16-19-22-25-27-28-29-30-32-34-37-40-43-46-49-52-58(61)64-55(53-62-56(59)50-47-44-41-38-35-24-21-18-15-12-9-6-3)54-63-57(60)51-48-45-42-39-36-33-31-26-23-20-17-14-11-8-5-2/h16,19,25,27,29-30,34,37,43,46,55H,4-15,17-18,20-24,26,28,31-33,35-36,38-42,44-45,47-54H2,1-3H3/b19-16-,27-25-,30-29-,37-34-,46-43-/t55-/m0/s1. The van der Waals surface area contributed by atoms with Crippen LogP contribution in [0, 0.1) is 0 Å². The Kier molecular flexibility index (Phi) is 50.4. The van der Waals surface area contributed by atoms with Crippen LogP contribution < -0.4 is 0 Å². The number of hydrogen-bond donors (Lipinski definition) is 0. The molecule has 0 spiro atoms. The Hall–Kier alpha value is -2.89. The van der Waals surface area contributed by atoms with Crippen LogP contribution in [-0.2, 0) is 28.6 Å². The zero-order chi connectivity index (χ0) is 46.5. The lowest BCUT2D eigenvalue weighted by molar-refractivity contribution is -0.166. The van der Waals surface area contributed by atoms with Crippen LogP contribution in [0.25, 0.3) is 0 Å². The predicted octanol–water partition coefficient (Wildman–Crippen LogP) is 18.0. The van der Waals surface area contributed by atoms with Gasteiger partial charge in [-0.15, -0.1) is 0 Å². The van der Waals surface area contributed by atoms with Crippen molar-refractivity contribution in [3.63, 3.8) is 0 Å². The van der Waals surface area contributed by atoms with Gasteiger partial charge in [-0.05, 0) is 57.8 Å². The van der Waals surface area contributed by atoms with Crippen molar-refractivity contribution in [2.45, 2.75) is 277 Å². The number of allylic oxidation sites excluding steroid dienone is 10. The molecule has 0 N–H and O–H groups in total. The lowest BCUT2D eigenvalue weighted by atomic mass is 10.0. The second-order valence-electron chi connectivity index (χ2n) is 18.2. The minimum atomic E-state index is -0.809. The van der Waals surface area contributed by atoms with Crippen LogP contribution in [0.1, 0.15) is 271 Å². The van der Waals surface area contributed by atoms with Crippen LogP contribution in [0.4, 0.5) is 0 Å². The van der Waals surface area contributed by atoms with Gasteiger partial charge in [0, 0.05) is 19.3 Å². The quantitative estimate of drug-likeness (QED) is 0.0262. The zero-order valence-corrected chi connectivity index (χ0v) is 42.3. The highest BCUT2D eigenvalue weighted by Crippen LogP contribution is 2.16. The van der Waals surface area contributed by atoms with Crippen LogP contribution in [-0.4, -0.2) is 37.2 Å². The molecule has 0 aliphatic rings. The molecule has 0 unspecified atom stereocenters. The van der Waals surface area contributed by atoms with Gasteiger partial charge in [-0.3, -0.25) is 14.4 Å². The van der Waals surface area contributed by atoms with Crippen molar-refractivity contribution in [2.75, 3.05) is 13.2 Å². The van der Waals surface area contributed by atoms with Crippen molar-refractivity contribution >= 4 is 17.9 Å². The largest absolute Gasteiger partial charge is 0.462 e. The van der Waals surface area contributed by atoms with E-state index in [1.165, 1.54) is 161 Å². The summed E-state index contributed by atoms with van der Waals surface area (Å²) in [5, 5.41) is 0. The molecule has 0 fully saturated rings. The molecule has 0 heterocycles. The summed E-state index contributed by atoms with van der Waals surface area (Å²) in [6.45, 7) is 6.57. The van der Waals surface area contributed by atoms with Crippen molar-refractivity contribution in [1.82, 2.24) is 0 Å². The van der Waals surface area contributed by atoms with Gasteiger partial charge in [-0.2, -0.15) is 0 Å². The number of rotatable bonds is 49. The third kappa shape index (κ3) is 50.1. The van der Waals surface area contributed by atoms with Gasteiger partial charge in [0.1, 0.15) is 13.2 Å². The third-order valence-corrected chi connectivity index (χ3v) is 11.8. The molecule has 6 nitrogen and oxygen atoms in total. The SMILES string of the molecule is CCCCC/C=C\C/C=C\C/C=C\C/C=C\C/C=C\CCC(=O)O[C@@H](COC(=O)CCCCCCCCCCCCCC)COC(=O)CCCCCCCCCCCCCCCCC. The predicted molar refractivity (Wildman–Crippen MR) is 275 cm³/mol. The van der Waals surface area contributed by atoms with Crippen molar-refractivity contribution in [2.24, 2.45) is 0 Å². The maximum Gasteiger partial charge on any atom is 0.306 e. The lowest BCUT2D eigenvalue weighted by Crippen LogP contribution is -2.30. The molecule has 0 saturated heterocycles. The normalized spacial score (nSPS) is 12.5. The van der Waals surface area contributed by atoms with Gasteiger partial charge in [-0.1, -0.05) is 255 Å². The van der Waals surface area contributed by atoms with Crippen LogP contribution in [0.5, 0.6) is 0 Å². The summed E-state index contributed by atoms with van der Waals surface area (Å²) in [5.41, 5.74) is 0. The van der Waals surface area contributed by atoms with Crippen LogP contribution in [0.2, 0.25) is 0 Å². The van der Waals surface area contributed by atoms with Crippen molar-refractivity contribution in [3.8, 4) is 0 Å². The summed E-state index contributed by atoms with van der Waals surface area (Å²) in [7, 11) is 0. The first-order chi connectivity index (χ1) is 31.5. The highest BCUT2D eigenvalue weighted by atomic mass is 16.6. The van der Waals surface area contributed by atoms with Gasteiger partial charge in [0.15, 0.2) is 6.10 Å². The van der Waals surface area contributed by atoms with Gasteiger partial charge in [-0.25, -0.2) is 0 Å². The van der Waals surface area contributed by atoms with E-state index < -0.39 is 6.10 Å². The number of hydrogen-bond acceptors (Lipinski definition) is 6. The van der Waals surface area contributed by atoms with E-state index >= 15 is 0 Å². The fourth-order valence-electron chi connectivity index (χ4n) is 7.66. The molecule has 0 amide bonds. The van der Waals surface area contributed by atoms with Crippen molar-refractivity contribution in [1.29, 1.82) is 0 Å². The van der Waals surface area contributed by atoms with Gasteiger partial charge in [0.2, 0.25) is 0 Å². The van der Waals surface area contributed by atoms with Crippen LogP contribution in [0.15, 0.2) is 60.8 Å². The average Bonchev–Trinajstić information content (AvgIpc) is 3.29. The first-order valence-corrected chi connectivity index (χ1v) is 27.3. The molecule has 6 heteroatoms. The number of carbonyl (C=O) groups is 3. The molecule has 64 heavy (non-hydrogen) atoms. The lowest BCUT2D eigenvalue weighted by Gasteiger charge is -2.18. The highest BCUT2D eigenvalue weighted by molar-refractivity contribution is 5.71. The maximum atomic E-state index is 12.8. The zero-order valence-electron chi connectivity index (χ0n) is 42.3. The summed E-state index contributed by atoms with van der Waals surface area (Å²) >= 11 is 0. The first-order valence-electron chi connectivity index (χ1n) is 27.3. The topological polar surface area (TPSA) is 78.9 Å². The third-order valence-electron chi connectivity index (χ3n) is 11.8. The Bertz CT molecular complexity index is 1170. The molecule has 0 radical (unpaired) electrons. The molecule has 0 aromatic carbocycles. The molecular formula is C58H102O6. The summed E-state index contributed by atoms with van der Waals surface area (Å²) in [6, 6.07) is 0. The Labute approximate surface area is 396 Å². The number of unbranched alkanes of at least 4 members (excludes halogenated alkanes) is 28. The minimum absolute atomic E-state index is 0.100.